The first-order chi connectivity index (χ1) is 13.5. The molecule has 1 aromatic heterocycles. The summed E-state index contributed by atoms with van der Waals surface area (Å²) in [5.41, 5.74) is 14.2. The molecule has 6 N–H and O–H groups in total. The number of nitrogen functional groups attached to an aromatic ring is 2. The van der Waals surface area contributed by atoms with Crippen LogP contribution in [0, 0.1) is 0 Å². The molecule has 0 radical (unpaired) electrons. The Morgan fingerprint density at radius 2 is 1.72 bits per heavy atom. The summed E-state index contributed by atoms with van der Waals surface area (Å²) in [5, 5.41) is 0.639. The second-order valence-corrected chi connectivity index (χ2v) is 8.23. The van der Waals surface area contributed by atoms with E-state index in [1.54, 1.807) is 18.9 Å². The van der Waals surface area contributed by atoms with E-state index < -0.39 is 0 Å². The van der Waals surface area contributed by atoms with Crippen LogP contribution in [0.2, 0.25) is 0 Å². The van der Waals surface area contributed by atoms with E-state index in [2.05, 4.69) is 33.7 Å². The minimum atomic E-state index is 0. The fraction of sp³-hybridized carbons (Fsp3) is 0.500. The number of rotatable bonds is 7. The highest BCUT2D eigenvalue weighted by atomic mass is 32.2. The maximum absolute atomic E-state index is 6.22. The van der Waals surface area contributed by atoms with Gasteiger partial charge in [0.1, 0.15) is 17.4 Å². The maximum atomic E-state index is 6.22. The highest BCUT2D eigenvalue weighted by Gasteiger charge is 2.20. The first-order valence-electron chi connectivity index (χ1n) is 9.57. The number of ether oxygens (including phenoxy) is 1. The van der Waals surface area contributed by atoms with Crippen molar-refractivity contribution in [3.8, 4) is 5.75 Å². The smallest absolute Gasteiger partial charge is 0.191 e. The fourth-order valence-electron chi connectivity index (χ4n) is 3.35. The van der Waals surface area contributed by atoms with Gasteiger partial charge in [0, 0.05) is 50.0 Å². The number of anilines is 2. The lowest BCUT2D eigenvalue weighted by atomic mass is 10.1. The minimum absolute atomic E-state index is 0. The number of hydrogen-bond acceptors (Lipinski definition) is 8. The zero-order chi connectivity index (χ0) is 20.1. The molecule has 8 nitrogen and oxygen atoms in total. The van der Waals surface area contributed by atoms with Gasteiger partial charge >= 0.3 is 0 Å². The lowest BCUT2D eigenvalue weighted by Crippen LogP contribution is -2.48. The molecule has 0 spiro atoms. The number of methoxy groups -OCH3 is 1. The van der Waals surface area contributed by atoms with Gasteiger partial charge in [0.15, 0.2) is 5.16 Å². The van der Waals surface area contributed by atoms with Crippen LogP contribution < -0.4 is 16.2 Å². The summed E-state index contributed by atoms with van der Waals surface area (Å²) in [6.45, 7) is 6.68. The number of nitrogens with zero attached hydrogens (tertiary/aromatic N) is 4. The predicted octanol–water partition coefficient (Wildman–Crippen LogP) is 1.14. The van der Waals surface area contributed by atoms with Gasteiger partial charge in [0.2, 0.25) is 0 Å². The normalized spacial score (nSPS) is 16.2. The number of hydrogen-bond donors (Lipinski definition) is 2. The Kier molecular flexibility index (Phi) is 8.51. The molecule has 1 atom stereocenters. The van der Waals surface area contributed by atoms with Gasteiger partial charge in [-0.15, -0.1) is 0 Å². The van der Waals surface area contributed by atoms with Crippen molar-refractivity contribution >= 4 is 23.4 Å². The molecule has 0 amide bonds. The fourth-order valence-corrected chi connectivity index (χ4v) is 4.27. The van der Waals surface area contributed by atoms with Gasteiger partial charge in [0.25, 0.3) is 0 Å². The Balaban J connectivity index is 0.00000300. The molecule has 1 aliphatic rings. The van der Waals surface area contributed by atoms with Crippen LogP contribution in [-0.4, -0.2) is 77.4 Å². The Hall–Kier alpha value is -2.07. The molecule has 1 saturated heterocycles. The Labute approximate surface area is 176 Å². The molecule has 0 saturated carbocycles. The first kappa shape index (κ1) is 23.2. The quantitative estimate of drug-likeness (QED) is 0.505. The zero-order valence-electron chi connectivity index (χ0n) is 17.4. The lowest BCUT2D eigenvalue weighted by molar-refractivity contribution is 0.128. The van der Waals surface area contributed by atoms with Crippen LogP contribution in [0.1, 0.15) is 18.1 Å². The molecule has 0 bridgehead atoms. The van der Waals surface area contributed by atoms with Gasteiger partial charge < -0.3 is 26.6 Å². The van der Waals surface area contributed by atoms with E-state index in [9.17, 15) is 0 Å². The second-order valence-electron chi connectivity index (χ2n) is 7.24. The van der Waals surface area contributed by atoms with Crippen molar-refractivity contribution in [1.82, 2.24) is 19.8 Å². The van der Waals surface area contributed by atoms with Crippen LogP contribution in [0.3, 0.4) is 0 Å². The maximum Gasteiger partial charge on any atom is 0.191 e. The molecule has 1 unspecified atom stereocenters. The molecule has 2 heterocycles. The molecule has 29 heavy (non-hydrogen) atoms. The summed E-state index contributed by atoms with van der Waals surface area (Å²) < 4.78 is 5.42. The van der Waals surface area contributed by atoms with E-state index in [1.165, 1.54) is 0 Å². The highest BCUT2D eigenvalue weighted by Crippen LogP contribution is 2.28. The molecule has 2 aromatic rings. The molecular formula is C20H32N6O2S. The molecule has 160 valence electrons. The Morgan fingerprint density at radius 3 is 2.34 bits per heavy atom. The first-order valence-corrected chi connectivity index (χ1v) is 10.6. The summed E-state index contributed by atoms with van der Waals surface area (Å²) in [5.74, 6) is 2.59. The number of thioether (sulfide) groups is 1. The third-order valence-electron chi connectivity index (χ3n) is 5.23. The summed E-state index contributed by atoms with van der Waals surface area (Å²) in [6, 6.07) is 8.28. The average molecular weight is 421 g/mol. The van der Waals surface area contributed by atoms with Crippen LogP contribution in [0.25, 0.3) is 0 Å². The number of benzene rings is 1. The van der Waals surface area contributed by atoms with Crippen molar-refractivity contribution in [3.05, 3.63) is 35.4 Å². The van der Waals surface area contributed by atoms with Crippen LogP contribution in [0.4, 0.5) is 11.6 Å². The van der Waals surface area contributed by atoms with Gasteiger partial charge in [-0.3, -0.25) is 4.90 Å². The summed E-state index contributed by atoms with van der Waals surface area (Å²) in [6.07, 6.45) is 0.546. The summed E-state index contributed by atoms with van der Waals surface area (Å²) >= 11 is 1.61. The molecule has 1 aromatic carbocycles. The Bertz CT molecular complexity index is 775. The van der Waals surface area contributed by atoms with Gasteiger partial charge in [-0.2, -0.15) is 0 Å². The van der Waals surface area contributed by atoms with Crippen molar-refractivity contribution in [2.75, 3.05) is 57.6 Å². The van der Waals surface area contributed by atoms with Gasteiger partial charge in [-0.25, -0.2) is 9.97 Å². The lowest BCUT2D eigenvalue weighted by Gasteiger charge is -2.36. The number of nitrogens with two attached hydrogens (primary N) is 2. The van der Waals surface area contributed by atoms with E-state index in [4.69, 9.17) is 16.2 Å². The minimum Gasteiger partial charge on any atom is -0.496 e. The van der Waals surface area contributed by atoms with E-state index in [0.29, 0.717) is 29.3 Å². The summed E-state index contributed by atoms with van der Waals surface area (Å²) in [4.78, 5) is 13.9. The van der Waals surface area contributed by atoms with Crippen molar-refractivity contribution in [1.29, 1.82) is 0 Å². The van der Waals surface area contributed by atoms with Gasteiger partial charge in [-0.05, 0) is 25.6 Å². The Morgan fingerprint density at radius 1 is 1.10 bits per heavy atom. The van der Waals surface area contributed by atoms with Crippen LogP contribution in [-0.2, 0) is 6.42 Å². The summed E-state index contributed by atoms with van der Waals surface area (Å²) in [7, 11) is 3.83. The highest BCUT2D eigenvalue weighted by molar-refractivity contribution is 7.99. The van der Waals surface area contributed by atoms with Crippen molar-refractivity contribution in [2.45, 2.75) is 24.5 Å². The van der Waals surface area contributed by atoms with E-state index >= 15 is 0 Å². The van der Waals surface area contributed by atoms with E-state index in [1.807, 2.05) is 24.3 Å². The van der Waals surface area contributed by atoms with Crippen molar-refractivity contribution in [2.24, 2.45) is 0 Å². The number of piperazine rings is 1. The van der Waals surface area contributed by atoms with Gasteiger partial charge in [0.05, 0.1) is 7.11 Å². The topological polar surface area (TPSA) is 125 Å². The third-order valence-corrected chi connectivity index (χ3v) is 6.32. The van der Waals surface area contributed by atoms with Crippen LogP contribution in [0.5, 0.6) is 5.75 Å². The van der Waals surface area contributed by atoms with E-state index in [-0.39, 0.29) is 5.48 Å². The number of aromatic nitrogens is 2. The van der Waals surface area contributed by atoms with Crippen LogP contribution in [0.15, 0.2) is 29.4 Å². The number of para-hydroxylation sites is 1. The molecule has 1 fully saturated rings. The molecule has 0 aliphatic carbocycles. The second kappa shape index (κ2) is 10.6. The molecule has 1 aliphatic heterocycles. The number of likely N-dealkylation sites (N-methyl/N-ethyl adjacent to an activating group) is 1. The average Bonchev–Trinajstić information content (AvgIpc) is 2.69. The standard InChI is InChI=1S/C20H30N6OS.H2O/c1-14(26-10-8-25(2)9-11-26)13-28-20-23-18(21)16(19(22)24-20)12-15-6-4-5-7-17(15)27-3;/h4-7,14H,8-13H2,1-3H3,(H4,21,22,23,24);1H2. The monoisotopic (exact) mass is 420 g/mol. The van der Waals surface area contributed by atoms with Crippen molar-refractivity contribution in [3.63, 3.8) is 0 Å². The van der Waals surface area contributed by atoms with Crippen LogP contribution >= 0.6 is 11.8 Å². The molecule has 3 rings (SSSR count). The predicted molar refractivity (Wildman–Crippen MR) is 120 cm³/mol. The molecular weight excluding hydrogens is 388 g/mol. The zero-order valence-corrected chi connectivity index (χ0v) is 18.2. The third kappa shape index (κ3) is 5.96. The van der Waals surface area contributed by atoms with E-state index in [0.717, 1.165) is 48.8 Å². The SMILES string of the molecule is COc1ccccc1Cc1c(N)nc(SCC(C)N2CCN(C)CC2)nc1N.O. The largest absolute Gasteiger partial charge is 0.496 e. The molecule has 9 heteroatoms. The van der Waals surface area contributed by atoms with Gasteiger partial charge in [-0.1, -0.05) is 30.0 Å². The van der Waals surface area contributed by atoms with Crippen molar-refractivity contribution < 1.29 is 10.2 Å².